The van der Waals surface area contributed by atoms with E-state index in [0.717, 1.165) is 21.9 Å². The average Bonchev–Trinajstić information content (AvgIpc) is 2.61. The highest BCUT2D eigenvalue weighted by molar-refractivity contribution is 7.99. The summed E-state index contributed by atoms with van der Waals surface area (Å²) in [5, 5.41) is 2.49. The van der Waals surface area contributed by atoms with Crippen LogP contribution in [-0.2, 0) is 0 Å². The van der Waals surface area contributed by atoms with Crippen molar-refractivity contribution >= 4 is 28.3 Å². The zero-order chi connectivity index (χ0) is 17.1. The summed E-state index contributed by atoms with van der Waals surface area (Å²) in [4.78, 5) is 16.2. The molecule has 3 heteroatoms. The van der Waals surface area contributed by atoms with Crippen molar-refractivity contribution in [2.24, 2.45) is 0 Å². The number of carbonyl (C=O) groups excluding carboxylic acids is 1. The SMILES string of the molecule is CC(Sc1ccc(C(=O)c2cccc3ccccc23)cc1)N(C)C. The molecular weight excluding hydrogens is 314 g/mol. The third kappa shape index (κ3) is 3.53. The molecule has 0 aromatic heterocycles. The van der Waals surface area contributed by atoms with Crippen molar-refractivity contribution in [1.29, 1.82) is 0 Å². The Labute approximate surface area is 147 Å². The van der Waals surface area contributed by atoms with Crippen LogP contribution in [0.1, 0.15) is 22.8 Å². The summed E-state index contributed by atoms with van der Waals surface area (Å²) in [6, 6.07) is 21.8. The van der Waals surface area contributed by atoms with Gasteiger partial charge in [0.05, 0.1) is 5.37 Å². The Morgan fingerprint density at radius 2 is 1.58 bits per heavy atom. The van der Waals surface area contributed by atoms with E-state index in [9.17, 15) is 4.79 Å². The van der Waals surface area contributed by atoms with E-state index in [-0.39, 0.29) is 5.78 Å². The van der Waals surface area contributed by atoms with Gasteiger partial charge in [0.15, 0.2) is 5.78 Å². The minimum Gasteiger partial charge on any atom is -0.298 e. The molecule has 3 aromatic carbocycles. The lowest BCUT2D eigenvalue weighted by atomic mass is 9.97. The van der Waals surface area contributed by atoms with E-state index in [4.69, 9.17) is 0 Å². The lowest BCUT2D eigenvalue weighted by molar-refractivity contribution is 0.104. The fourth-order valence-corrected chi connectivity index (χ4v) is 3.46. The highest BCUT2D eigenvalue weighted by atomic mass is 32.2. The van der Waals surface area contributed by atoms with Gasteiger partial charge in [-0.1, -0.05) is 42.5 Å². The lowest BCUT2D eigenvalue weighted by Gasteiger charge is -2.19. The summed E-state index contributed by atoms with van der Waals surface area (Å²) in [7, 11) is 4.13. The van der Waals surface area contributed by atoms with Crippen LogP contribution in [-0.4, -0.2) is 30.2 Å². The van der Waals surface area contributed by atoms with Crippen molar-refractivity contribution in [2.75, 3.05) is 14.1 Å². The van der Waals surface area contributed by atoms with Gasteiger partial charge in [-0.15, -0.1) is 11.8 Å². The van der Waals surface area contributed by atoms with E-state index in [0.29, 0.717) is 5.37 Å². The monoisotopic (exact) mass is 335 g/mol. The first-order valence-electron chi connectivity index (χ1n) is 8.02. The summed E-state index contributed by atoms with van der Waals surface area (Å²) < 4.78 is 0. The zero-order valence-corrected chi connectivity index (χ0v) is 15.0. The number of nitrogens with zero attached hydrogens (tertiary/aromatic N) is 1. The van der Waals surface area contributed by atoms with Crippen LogP contribution in [0.3, 0.4) is 0 Å². The van der Waals surface area contributed by atoms with Gasteiger partial charge in [0.2, 0.25) is 0 Å². The summed E-state index contributed by atoms with van der Waals surface area (Å²) >= 11 is 1.79. The summed E-state index contributed by atoms with van der Waals surface area (Å²) in [5.41, 5.74) is 1.49. The quantitative estimate of drug-likeness (QED) is 0.369. The molecule has 2 nitrogen and oxygen atoms in total. The van der Waals surface area contributed by atoms with E-state index >= 15 is 0 Å². The Hall–Kier alpha value is -2.10. The zero-order valence-electron chi connectivity index (χ0n) is 14.2. The van der Waals surface area contributed by atoms with Crippen LogP contribution in [0.25, 0.3) is 10.8 Å². The third-order valence-electron chi connectivity index (χ3n) is 4.18. The summed E-state index contributed by atoms with van der Waals surface area (Å²) in [5.74, 6) is 0.0732. The molecule has 0 aliphatic carbocycles. The second kappa shape index (κ2) is 7.20. The molecular formula is C21H21NOS. The Bertz CT molecular complexity index is 850. The van der Waals surface area contributed by atoms with Crippen LogP contribution in [0.2, 0.25) is 0 Å². The van der Waals surface area contributed by atoms with Gasteiger partial charge >= 0.3 is 0 Å². The molecule has 0 aliphatic heterocycles. The Morgan fingerprint density at radius 3 is 2.29 bits per heavy atom. The van der Waals surface area contributed by atoms with Gasteiger partial charge in [-0.3, -0.25) is 9.69 Å². The van der Waals surface area contributed by atoms with E-state index in [1.54, 1.807) is 11.8 Å². The van der Waals surface area contributed by atoms with E-state index in [1.807, 2.05) is 66.7 Å². The van der Waals surface area contributed by atoms with Crippen LogP contribution in [0, 0.1) is 0 Å². The summed E-state index contributed by atoms with van der Waals surface area (Å²) in [6.07, 6.45) is 0. The topological polar surface area (TPSA) is 20.3 Å². The molecule has 0 amide bonds. The Kier molecular flexibility index (Phi) is 5.03. The smallest absolute Gasteiger partial charge is 0.193 e. The highest BCUT2D eigenvalue weighted by Crippen LogP contribution is 2.26. The second-order valence-corrected chi connectivity index (χ2v) is 7.45. The number of fused-ring (bicyclic) bond motifs is 1. The first kappa shape index (κ1) is 16.7. The molecule has 3 aromatic rings. The fourth-order valence-electron chi connectivity index (χ4n) is 2.57. The molecule has 1 atom stereocenters. The van der Waals surface area contributed by atoms with Gasteiger partial charge in [0, 0.05) is 16.0 Å². The van der Waals surface area contributed by atoms with Crippen LogP contribution < -0.4 is 0 Å². The van der Waals surface area contributed by atoms with Crippen molar-refractivity contribution in [2.45, 2.75) is 17.2 Å². The number of benzene rings is 3. The standard InChI is InChI=1S/C21H21NOS/c1-15(22(2)3)24-18-13-11-17(12-14-18)21(23)20-10-6-8-16-7-4-5-9-19(16)20/h4-15H,1-3H3. The van der Waals surface area contributed by atoms with Gasteiger partial charge in [-0.25, -0.2) is 0 Å². The molecule has 0 heterocycles. The van der Waals surface area contributed by atoms with Gasteiger partial charge in [-0.2, -0.15) is 0 Å². The average molecular weight is 335 g/mol. The van der Waals surface area contributed by atoms with Crippen LogP contribution >= 0.6 is 11.8 Å². The maximum absolute atomic E-state index is 12.9. The predicted molar refractivity (Wildman–Crippen MR) is 103 cm³/mol. The number of hydrogen-bond acceptors (Lipinski definition) is 3. The first-order valence-corrected chi connectivity index (χ1v) is 8.90. The Morgan fingerprint density at radius 1 is 0.917 bits per heavy atom. The molecule has 3 rings (SSSR count). The fraction of sp³-hybridized carbons (Fsp3) is 0.190. The predicted octanol–water partition coefficient (Wildman–Crippen LogP) is 5.07. The van der Waals surface area contributed by atoms with Crippen molar-refractivity contribution < 1.29 is 4.79 Å². The normalized spacial score (nSPS) is 12.5. The molecule has 122 valence electrons. The molecule has 0 bridgehead atoms. The van der Waals surface area contributed by atoms with Gasteiger partial charge < -0.3 is 0 Å². The van der Waals surface area contributed by atoms with E-state index < -0.39 is 0 Å². The summed E-state index contributed by atoms with van der Waals surface area (Å²) in [6.45, 7) is 2.17. The van der Waals surface area contributed by atoms with Crippen molar-refractivity contribution in [1.82, 2.24) is 4.90 Å². The van der Waals surface area contributed by atoms with Crippen LogP contribution in [0.5, 0.6) is 0 Å². The molecule has 1 unspecified atom stereocenters. The molecule has 0 spiro atoms. The Balaban J connectivity index is 1.87. The maximum Gasteiger partial charge on any atom is 0.193 e. The molecule has 0 N–H and O–H groups in total. The number of ketones is 1. The van der Waals surface area contributed by atoms with Crippen molar-refractivity contribution in [3.05, 3.63) is 77.9 Å². The van der Waals surface area contributed by atoms with E-state index in [2.05, 4.69) is 25.9 Å². The number of carbonyl (C=O) groups is 1. The second-order valence-electron chi connectivity index (χ2n) is 6.06. The van der Waals surface area contributed by atoms with Crippen LogP contribution in [0.15, 0.2) is 71.6 Å². The van der Waals surface area contributed by atoms with Crippen molar-refractivity contribution in [3.63, 3.8) is 0 Å². The minimum atomic E-state index is 0.0732. The highest BCUT2D eigenvalue weighted by Gasteiger charge is 2.13. The number of rotatable bonds is 5. The molecule has 0 saturated carbocycles. The van der Waals surface area contributed by atoms with Gasteiger partial charge in [0.25, 0.3) is 0 Å². The minimum absolute atomic E-state index is 0.0732. The number of hydrogen-bond donors (Lipinski definition) is 0. The molecule has 24 heavy (non-hydrogen) atoms. The van der Waals surface area contributed by atoms with Gasteiger partial charge in [0.1, 0.15) is 0 Å². The maximum atomic E-state index is 12.9. The molecule has 0 saturated heterocycles. The first-order chi connectivity index (χ1) is 11.6. The van der Waals surface area contributed by atoms with Crippen molar-refractivity contribution in [3.8, 4) is 0 Å². The molecule has 0 aliphatic rings. The lowest BCUT2D eigenvalue weighted by Crippen LogP contribution is -2.20. The third-order valence-corrected chi connectivity index (χ3v) is 5.49. The van der Waals surface area contributed by atoms with E-state index in [1.165, 1.54) is 4.90 Å². The van der Waals surface area contributed by atoms with Gasteiger partial charge in [-0.05, 0) is 56.1 Å². The number of thioether (sulfide) groups is 1. The van der Waals surface area contributed by atoms with Crippen LogP contribution in [0.4, 0.5) is 0 Å². The molecule has 0 radical (unpaired) electrons. The molecule has 0 fully saturated rings. The largest absolute Gasteiger partial charge is 0.298 e.